The van der Waals surface area contributed by atoms with Crippen LogP contribution in [0.2, 0.25) is 0 Å². The minimum Gasteiger partial charge on any atom is -0.319 e. The molecule has 1 aliphatic carbocycles. The maximum absolute atomic E-state index is 13.2. The average Bonchev–Trinajstić information content (AvgIpc) is 3.28. The highest BCUT2D eigenvalue weighted by Gasteiger charge is 2.34. The monoisotopic (exact) mass is 410 g/mol. The largest absolute Gasteiger partial charge is 0.319 e. The molecule has 3 heterocycles. The Kier molecular flexibility index (Phi) is 4.38. The van der Waals surface area contributed by atoms with Gasteiger partial charge in [-0.25, -0.2) is 8.42 Å². The third-order valence-electron chi connectivity index (χ3n) is 5.86. The Morgan fingerprint density at radius 1 is 1.14 bits per heavy atom. The molecular formula is C21H22N4O3S. The summed E-state index contributed by atoms with van der Waals surface area (Å²) < 4.78 is 25.8. The maximum atomic E-state index is 13.2. The van der Waals surface area contributed by atoms with Crippen molar-refractivity contribution in [3.8, 4) is 0 Å². The first kappa shape index (κ1) is 18.3. The van der Waals surface area contributed by atoms with E-state index >= 15 is 0 Å². The van der Waals surface area contributed by atoms with Crippen molar-refractivity contribution in [2.45, 2.75) is 38.1 Å². The molecule has 2 aromatic heterocycles. The number of rotatable bonds is 3. The number of nitrogens with one attached hydrogen (secondary N) is 1. The zero-order valence-electron chi connectivity index (χ0n) is 16.0. The van der Waals surface area contributed by atoms with Crippen LogP contribution in [0.5, 0.6) is 0 Å². The number of nitrogens with zero attached hydrogens (tertiary/aromatic N) is 3. The van der Waals surface area contributed by atoms with E-state index in [1.165, 1.54) is 0 Å². The van der Waals surface area contributed by atoms with Gasteiger partial charge in [0.2, 0.25) is 0 Å². The van der Waals surface area contributed by atoms with Crippen LogP contribution in [-0.4, -0.2) is 40.6 Å². The van der Waals surface area contributed by atoms with Gasteiger partial charge in [0.25, 0.3) is 5.91 Å². The molecule has 7 nitrogen and oxygen atoms in total. The lowest BCUT2D eigenvalue weighted by Crippen LogP contribution is -2.17. The zero-order valence-corrected chi connectivity index (χ0v) is 16.8. The van der Waals surface area contributed by atoms with Gasteiger partial charge in [0.15, 0.2) is 15.5 Å². The van der Waals surface area contributed by atoms with E-state index in [9.17, 15) is 13.2 Å². The molecule has 1 aliphatic heterocycles. The molecule has 0 bridgehead atoms. The minimum absolute atomic E-state index is 0.107. The minimum atomic E-state index is -3.02. The second-order valence-electron chi connectivity index (χ2n) is 7.82. The molecule has 29 heavy (non-hydrogen) atoms. The van der Waals surface area contributed by atoms with Gasteiger partial charge in [-0.2, -0.15) is 5.10 Å². The van der Waals surface area contributed by atoms with Crippen molar-refractivity contribution in [1.29, 1.82) is 0 Å². The molecule has 1 unspecified atom stereocenters. The molecule has 1 amide bonds. The van der Waals surface area contributed by atoms with E-state index in [1.54, 1.807) is 6.20 Å². The van der Waals surface area contributed by atoms with Gasteiger partial charge in [-0.1, -0.05) is 18.2 Å². The molecule has 3 aromatic rings. The zero-order chi connectivity index (χ0) is 20.0. The summed E-state index contributed by atoms with van der Waals surface area (Å²) in [5, 5.41) is 8.56. The smallest absolute Gasteiger partial charge is 0.276 e. The van der Waals surface area contributed by atoms with Crippen molar-refractivity contribution in [3.63, 3.8) is 0 Å². The molecule has 0 spiro atoms. The molecule has 8 heteroatoms. The number of carbonyl (C=O) groups is 1. The summed E-state index contributed by atoms with van der Waals surface area (Å²) in [7, 11) is -3.02. The fourth-order valence-corrected chi connectivity index (χ4v) is 6.16. The highest BCUT2D eigenvalue weighted by Crippen LogP contribution is 2.32. The van der Waals surface area contributed by atoms with E-state index in [0.717, 1.165) is 47.8 Å². The van der Waals surface area contributed by atoms with Gasteiger partial charge in [-0.3, -0.25) is 14.5 Å². The van der Waals surface area contributed by atoms with E-state index in [0.29, 0.717) is 17.8 Å². The Balaban J connectivity index is 1.51. The van der Waals surface area contributed by atoms with Gasteiger partial charge < -0.3 is 5.32 Å². The summed E-state index contributed by atoms with van der Waals surface area (Å²) in [5.41, 5.74) is 3.79. The van der Waals surface area contributed by atoms with E-state index in [1.807, 2.05) is 35.0 Å². The number of aromatic nitrogens is 3. The van der Waals surface area contributed by atoms with Crippen molar-refractivity contribution in [2.24, 2.45) is 0 Å². The quantitative estimate of drug-likeness (QED) is 0.716. The first-order chi connectivity index (χ1) is 14.0. The number of para-hydroxylation sites is 1. The molecule has 1 atom stereocenters. The second kappa shape index (κ2) is 6.95. The van der Waals surface area contributed by atoms with Crippen LogP contribution in [0.15, 0.2) is 36.5 Å². The fraction of sp³-hybridized carbons (Fsp3) is 0.381. The molecule has 5 rings (SSSR count). The van der Waals surface area contributed by atoms with Crippen molar-refractivity contribution in [2.75, 3.05) is 16.8 Å². The van der Waals surface area contributed by atoms with Crippen LogP contribution in [0.3, 0.4) is 0 Å². The number of anilines is 1. The first-order valence-electron chi connectivity index (χ1n) is 9.97. The molecule has 1 N–H and O–H groups in total. The highest BCUT2D eigenvalue weighted by atomic mass is 32.2. The number of pyridine rings is 1. The van der Waals surface area contributed by atoms with Crippen molar-refractivity contribution in [1.82, 2.24) is 14.8 Å². The van der Waals surface area contributed by atoms with Gasteiger partial charge >= 0.3 is 0 Å². The predicted molar refractivity (Wildman–Crippen MR) is 111 cm³/mol. The summed E-state index contributed by atoms with van der Waals surface area (Å²) in [6.45, 7) is 0. The third-order valence-corrected chi connectivity index (χ3v) is 7.61. The van der Waals surface area contributed by atoms with Crippen LogP contribution in [0.25, 0.3) is 10.9 Å². The average molecular weight is 410 g/mol. The molecule has 150 valence electrons. The Labute approximate surface area is 169 Å². The molecule has 1 saturated heterocycles. The Bertz CT molecular complexity index is 1210. The SMILES string of the molecule is O=C(Nc1cccc2cccnc12)c1nn(C2CCS(=O)(=O)C2)c2c1CCCC2. The summed E-state index contributed by atoms with van der Waals surface area (Å²) >= 11 is 0. The third kappa shape index (κ3) is 3.31. The second-order valence-corrected chi connectivity index (χ2v) is 10.0. The van der Waals surface area contributed by atoms with Gasteiger partial charge in [-0.05, 0) is 44.2 Å². The topological polar surface area (TPSA) is 93.9 Å². The highest BCUT2D eigenvalue weighted by molar-refractivity contribution is 7.91. The first-order valence-corrected chi connectivity index (χ1v) is 11.8. The van der Waals surface area contributed by atoms with Crippen LogP contribution >= 0.6 is 0 Å². The van der Waals surface area contributed by atoms with E-state index < -0.39 is 9.84 Å². The molecule has 0 saturated carbocycles. The Morgan fingerprint density at radius 3 is 2.79 bits per heavy atom. The number of benzene rings is 1. The van der Waals surface area contributed by atoms with Crippen molar-refractivity contribution in [3.05, 3.63) is 53.5 Å². The summed E-state index contributed by atoms with van der Waals surface area (Å²) in [4.78, 5) is 17.5. The number of hydrogen-bond donors (Lipinski definition) is 1. The van der Waals surface area contributed by atoms with Crippen LogP contribution in [0, 0.1) is 0 Å². The summed E-state index contributed by atoms with van der Waals surface area (Å²) in [6.07, 6.45) is 5.94. The van der Waals surface area contributed by atoms with E-state index in [4.69, 9.17) is 0 Å². The number of amides is 1. The molecule has 2 aliphatic rings. The van der Waals surface area contributed by atoms with Crippen LogP contribution in [0.4, 0.5) is 5.69 Å². The molecule has 1 fully saturated rings. The van der Waals surface area contributed by atoms with Gasteiger partial charge in [0.05, 0.1) is 28.8 Å². The number of hydrogen-bond acceptors (Lipinski definition) is 5. The number of fused-ring (bicyclic) bond motifs is 2. The lowest BCUT2D eigenvalue weighted by Gasteiger charge is -2.17. The van der Waals surface area contributed by atoms with Crippen LogP contribution in [-0.2, 0) is 22.7 Å². The summed E-state index contributed by atoms with van der Waals surface area (Å²) in [6, 6.07) is 9.32. The van der Waals surface area contributed by atoms with Crippen molar-refractivity contribution >= 4 is 32.3 Å². The van der Waals surface area contributed by atoms with Crippen molar-refractivity contribution < 1.29 is 13.2 Å². The van der Waals surface area contributed by atoms with E-state index in [2.05, 4.69) is 15.4 Å². The van der Waals surface area contributed by atoms with Gasteiger partial charge in [0.1, 0.15) is 0 Å². The lowest BCUT2D eigenvalue weighted by atomic mass is 9.95. The molecular weight excluding hydrogens is 388 g/mol. The van der Waals surface area contributed by atoms with Gasteiger partial charge in [-0.15, -0.1) is 0 Å². The normalized spacial score (nSPS) is 20.5. The predicted octanol–water partition coefficient (Wildman–Crippen LogP) is 2.92. The van der Waals surface area contributed by atoms with E-state index in [-0.39, 0.29) is 23.5 Å². The summed E-state index contributed by atoms with van der Waals surface area (Å²) in [5.74, 6) is 0.0335. The Hall–Kier alpha value is -2.74. The molecule has 1 aromatic carbocycles. The van der Waals surface area contributed by atoms with Gasteiger partial charge in [0, 0.05) is 22.8 Å². The fourth-order valence-electron chi connectivity index (χ4n) is 4.47. The van der Waals surface area contributed by atoms with Crippen LogP contribution < -0.4 is 5.32 Å². The Morgan fingerprint density at radius 2 is 1.97 bits per heavy atom. The maximum Gasteiger partial charge on any atom is 0.276 e. The number of carbonyl (C=O) groups excluding carboxylic acids is 1. The van der Waals surface area contributed by atoms with Crippen LogP contribution in [0.1, 0.15) is 47.1 Å². The standard InChI is InChI=1S/C21H22N4O3S/c26-21(23-17-8-3-5-14-6-4-11-22-19(14)17)20-16-7-1-2-9-18(16)25(24-20)15-10-12-29(27,28)13-15/h3-6,8,11,15H,1-2,7,9-10,12-13H2,(H,23,26). The number of sulfone groups is 1. The molecule has 0 radical (unpaired) electrons. The lowest BCUT2D eigenvalue weighted by molar-refractivity contribution is 0.102.